The highest BCUT2D eigenvalue weighted by Gasteiger charge is 2.17. The molecule has 0 unspecified atom stereocenters. The number of nitrogens with one attached hydrogen (secondary N) is 1. The second-order valence-electron chi connectivity index (χ2n) is 5.89. The minimum absolute atomic E-state index is 0.114. The minimum atomic E-state index is -1.22. The van der Waals surface area contributed by atoms with Crippen molar-refractivity contribution in [2.75, 3.05) is 12.4 Å². The van der Waals surface area contributed by atoms with Gasteiger partial charge in [-0.2, -0.15) is 0 Å². The number of aromatic carboxylic acids is 1. The predicted molar refractivity (Wildman–Crippen MR) is 101 cm³/mol. The van der Waals surface area contributed by atoms with Gasteiger partial charge in [-0.25, -0.2) is 9.18 Å². The number of rotatable bonds is 5. The van der Waals surface area contributed by atoms with Gasteiger partial charge in [0.15, 0.2) is 0 Å². The Balaban J connectivity index is 1.96. The van der Waals surface area contributed by atoms with E-state index in [0.717, 1.165) is 0 Å². The van der Waals surface area contributed by atoms with Gasteiger partial charge in [0.25, 0.3) is 5.91 Å². The summed E-state index contributed by atoms with van der Waals surface area (Å²) in [5.41, 5.74) is 0.848. The van der Waals surface area contributed by atoms with Crippen LogP contribution in [0.2, 0.25) is 5.02 Å². The van der Waals surface area contributed by atoms with E-state index in [1.807, 2.05) is 0 Å². The van der Waals surface area contributed by atoms with Gasteiger partial charge < -0.3 is 15.2 Å². The van der Waals surface area contributed by atoms with E-state index in [4.69, 9.17) is 16.3 Å². The standard InChI is InChI=1S/C20H15ClFNO4/c1-27-10-14-8-18(16(20(25)26)9-17(14)21)23-19(24)13-3-2-12-7-15(22)5-4-11(12)6-13/h2-9H,10H2,1H3,(H,23,24)(H,25,26). The third-order valence-electron chi connectivity index (χ3n) is 4.03. The van der Waals surface area contributed by atoms with Crippen molar-refractivity contribution in [3.8, 4) is 0 Å². The van der Waals surface area contributed by atoms with Gasteiger partial charge >= 0.3 is 5.97 Å². The molecule has 2 N–H and O–H groups in total. The van der Waals surface area contributed by atoms with Crippen molar-refractivity contribution in [2.24, 2.45) is 0 Å². The summed E-state index contributed by atoms with van der Waals surface area (Å²) in [6.07, 6.45) is 0. The maximum absolute atomic E-state index is 13.3. The van der Waals surface area contributed by atoms with E-state index in [1.54, 1.807) is 24.3 Å². The highest BCUT2D eigenvalue weighted by Crippen LogP contribution is 2.27. The van der Waals surface area contributed by atoms with E-state index in [0.29, 0.717) is 21.9 Å². The maximum Gasteiger partial charge on any atom is 0.337 e. The van der Waals surface area contributed by atoms with E-state index < -0.39 is 11.9 Å². The van der Waals surface area contributed by atoms with Gasteiger partial charge in [0, 0.05) is 17.7 Å². The molecule has 27 heavy (non-hydrogen) atoms. The van der Waals surface area contributed by atoms with Crippen LogP contribution in [0.5, 0.6) is 0 Å². The molecule has 0 saturated carbocycles. The number of anilines is 1. The lowest BCUT2D eigenvalue weighted by molar-refractivity contribution is 0.0698. The number of carboxylic acid groups (broad SMARTS) is 1. The molecule has 0 aliphatic heterocycles. The fraction of sp³-hybridized carbons (Fsp3) is 0.100. The summed E-state index contributed by atoms with van der Waals surface area (Å²) in [5.74, 6) is -2.07. The van der Waals surface area contributed by atoms with Crippen LogP contribution in [0.3, 0.4) is 0 Å². The Labute approximate surface area is 159 Å². The Kier molecular flexibility index (Phi) is 5.39. The largest absolute Gasteiger partial charge is 0.478 e. The number of hydrogen-bond acceptors (Lipinski definition) is 3. The molecule has 7 heteroatoms. The van der Waals surface area contributed by atoms with E-state index >= 15 is 0 Å². The molecular formula is C20H15ClFNO4. The van der Waals surface area contributed by atoms with E-state index in [9.17, 15) is 19.1 Å². The Morgan fingerprint density at radius 2 is 1.81 bits per heavy atom. The first-order chi connectivity index (χ1) is 12.9. The molecule has 0 aliphatic carbocycles. The van der Waals surface area contributed by atoms with Gasteiger partial charge in [-0.3, -0.25) is 4.79 Å². The third-order valence-corrected chi connectivity index (χ3v) is 4.38. The van der Waals surface area contributed by atoms with Gasteiger partial charge in [-0.1, -0.05) is 23.7 Å². The Hall–Kier alpha value is -2.96. The van der Waals surface area contributed by atoms with Crippen molar-refractivity contribution in [3.05, 3.63) is 76.1 Å². The summed E-state index contributed by atoms with van der Waals surface area (Å²) in [6.45, 7) is 0.170. The van der Waals surface area contributed by atoms with Crippen LogP contribution in [0.25, 0.3) is 10.8 Å². The molecular weight excluding hydrogens is 373 g/mol. The fourth-order valence-corrected chi connectivity index (χ4v) is 2.94. The molecule has 0 saturated heterocycles. The van der Waals surface area contributed by atoms with E-state index in [2.05, 4.69) is 5.32 Å². The highest BCUT2D eigenvalue weighted by atomic mass is 35.5. The van der Waals surface area contributed by atoms with Crippen LogP contribution in [0, 0.1) is 5.82 Å². The molecule has 0 aliphatic rings. The van der Waals surface area contributed by atoms with Crippen molar-refractivity contribution < 1.29 is 23.8 Å². The number of carbonyl (C=O) groups is 2. The van der Waals surface area contributed by atoms with Crippen LogP contribution in [0.1, 0.15) is 26.3 Å². The molecule has 0 atom stereocenters. The van der Waals surface area contributed by atoms with Crippen molar-refractivity contribution in [1.82, 2.24) is 0 Å². The molecule has 1 amide bonds. The number of halogens is 2. The molecule has 0 spiro atoms. The van der Waals surface area contributed by atoms with Crippen LogP contribution in [-0.2, 0) is 11.3 Å². The Morgan fingerprint density at radius 3 is 2.52 bits per heavy atom. The van der Waals surface area contributed by atoms with Crippen LogP contribution < -0.4 is 5.32 Å². The number of fused-ring (bicyclic) bond motifs is 1. The zero-order valence-electron chi connectivity index (χ0n) is 14.3. The number of ether oxygens (including phenoxy) is 1. The molecule has 3 aromatic rings. The van der Waals surface area contributed by atoms with E-state index in [1.165, 1.54) is 31.4 Å². The molecule has 138 valence electrons. The number of methoxy groups -OCH3 is 1. The van der Waals surface area contributed by atoms with Gasteiger partial charge in [-0.15, -0.1) is 0 Å². The molecule has 5 nitrogen and oxygen atoms in total. The van der Waals surface area contributed by atoms with Crippen molar-refractivity contribution in [3.63, 3.8) is 0 Å². The smallest absolute Gasteiger partial charge is 0.337 e. The van der Waals surface area contributed by atoms with Crippen molar-refractivity contribution in [1.29, 1.82) is 0 Å². The summed E-state index contributed by atoms with van der Waals surface area (Å²) < 4.78 is 18.3. The molecule has 0 radical (unpaired) electrons. The zero-order chi connectivity index (χ0) is 19.6. The fourth-order valence-electron chi connectivity index (χ4n) is 2.72. The summed E-state index contributed by atoms with van der Waals surface area (Å²) in [7, 11) is 1.48. The first-order valence-corrected chi connectivity index (χ1v) is 8.32. The predicted octanol–water partition coefficient (Wildman–Crippen LogP) is 4.73. The molecule has 3 aromatic carbocycles. The minimum Gasteiger partial charge on any atom is -0.478 e. The van der Waals surface area contributed by atoms with Gasteiger partial charge in [0.05, 0.1) is 17.9 Å². The van der Waals surface area contributed by atoms with Gasteiger partial charge in [-0.05, 0) is 52.7 Å². The lowest BCUT2D eigenvalue weighted by Gasteiger charge is -2.13. The van der Waals surface area contributed by atoms with Crippen LogP contribution in [0.4, 0.5) is 10.1 Å². The number of amides is 1. The zero-order valence-corrected chi connectivity index (χ0v) is 15.0. The SMILES string of the molecule is COCc1cc(NC(=O)c2ccc3cc(F)ccc3c2)c(C(=O)O)cc1Cl. The number of carboxylic acids is 1. The van der Waals surface area contributed by atoms with Crippen LogP contribution >= 0.6 is 11.6 Å². The molecule has 0 bridgehead atoms. The Morgan fingerprint density at radius 1 is 1.11 bits per heavy atom. The lowest BCUT2D eigenvalue weighted by Crippen LogP contribution is -2.15. The lowest BCUT2D eigenvalue weighted by atomic mass is 10.1. The summed E-state index contributed by atoms with van der Waals surface area (Å²) in [4.78, 5) is 24.1. The third kappa shape index (κ3) is 4.07. The maximum atomic E-state index is 13.3. The quantitative estimate of drug-likeness (QED) is 0.663. The average molecular weight is 388 g/mol. The average Bonchev–Trinajstić information content (AvgIpc) is 2.63. The number of hydrogen-bond donors (Lipinski definition) is 2. The summed E-state index contributed by atoms with van der Waals surface area (Å²) in [5, 5.41) is 13.6. The second-order valence-corrected chi connectivity index (χ2v) is 6.29. The normalized spacial score (nSPS) is 10.8. The molecule has 0 fully saturated rings. The summed E-state index contributed by atoms with van der Waals surface area (Å²) >= 11 is 6.07. The number of benzene rings is 3. The van der Waals surface area contributed by atoms with E-state index in [-0.39, 0.29) is 28.7 Å². The van der Waals surface area contributed by atoms with Gasteiger partial charge in [0.2, 0.25) is 0 Å². The molecule has 0 aromatic heterocycles. The van der Waals surface area contributed by atoms with Crippen molar-refractivity contribution in [2.45, 2.75) is 6.61 Å². The number of carbonyl (C=O) groups excluding carboxylic acids is 1. The second kappa shape index (κ2) is 7.73. The topological polar surface area (TPSA) is 75.6 Å². The highest BCUT2D eigenvalue weighted by molar-refractivity contribution is 6.32. The summed E-state index contributed by atoms with van der Waals surface area (Å²) in [6, 6.07) is 11.8. The van der Waals surface area contributed by atoms with Crippen molar-refractivity contribution >= 4 is 39.9 Å². The first-order valence-electron chi connectivity index (χ1n) is 7.94. The van der Waals surface area contributed by atoms with Crippen LogP contribution in [0.15, 0.2) is 48.5 Å². The molecule has 3 rings (SSSR count). The monoisotopic (exact) mass is 387 g/mol. The molecule has 0 heterocycles. The van der Waals surface area contributed by atoms with Crippen LogP contribution in [-0.4, -0.2) is 24.1 Å². The first kappa shape index (κ1) is 18.8. The Bertz CT molecular complexity index is 1050. The van der Waals surface area contributed by atoms with Gasteiger partial charge in [0.1, 0.15) is 5.82 Å².